The van der Waals surface area contributed by atoms with E-state index in [9.17, 15) is 24.0 Å². The second-order valence-electron chi connectivity index (χ2n) is 15.1. The van der Waals surface area contributed by atoms with Crippen molar-refractivity contribution in [1.82, 2.24) is 24.6 Å². The number of aromatic nitrogens is 4. The standard InChI is InChI=1S/C42H52N10O9/c43-29-6-1-2-7-31(29)47-42-48-39(37(38(44)55)49-50-42)46-30-8-4-10-33-27(30)13-15-51(33)16-18-59-20-22-61-24-23-60-21-19-58-17-14-45-32-9-3-5-28-36(32)41(57)52(40(28)56)34-12-11-26(53)25-35(34)54/h3-5,8-10,13,15,29,31,34,45H,1-2,6-7,11-12,14,16-25,43H2,(H2,44,55)(H2,46,47,48,50)/t29-,31+,34?/m0/s1. The van der Waals surface area contributed by atoms with E-state index in [1.54, 1.807) is 18.2 Å². The molecule has 3 amide bonds. The van der Waals surface area contributed by atoms with Crippen LogP contribution in [0.3, 0.4) is 0 Å². The number of carbonyl (C=O) groups is 5. The highest BCUT2D eigenvalue weighted by Crippen LogP contribution is 2.33. The van der Waals surface area contributed by atoms with E-state index in [2.05, 4.69) is 35.7 Å². The number of fused-ring (bicyclic) bond motifs is 2. The number of primary amides is 1. The Balaban J connectivity index is 0.753. The number of ketones is 2. The van der Waals surface area contributed by atoms with Crippen molar-refractivity contribution in [3.63, 3.8) is 0 Å². The number of hydrogen-bond donors (Lipinski definition) is 5. The molecule has 3 atom stereocenters. The van der Waals surface area contributed by atoms with Crippen molar-refractivity contribution in [2.75, 3.05) is 75.4 Å². The Morgan fingerprint density at radius 1 is 0.803 bits per heavy atom. The van der Waals surface area contributed by atoms with Crippen LogP contribution in [0.5, 0.6) is 0 Å². The molecule has 61 heavy (non-hydrogen) atoms. The molecule has 2 aromatic carbocycles. The third-order valence-electron chi connectivity index (χ3n) is 11.0. The van der Waals surface area contributed by atoms with Crippen LogP contribution in [-0.4, -0.2) is 131 Å². The van der Waals surface area contributed by atoms with E-state index in [0.717, 1.165) is 47.2 Å². The van der Waals surface area contributed by atoms with E-state index in [1.165, 1.54) is 0 Å². The van der Waals surface area contributed by atoms with Crippen molar-refractivity contribution in [1.29, 1.82) is 0 Å². The minimum Gasteiger partial charge on any atom is -0.382 e. The highest BCUT2D eigenvalue weighted by atomic mass is 16.6. The number of hydrogen-bond acceptors (Lipinski definition) is 16. The Labute approximate surface area is 352 Å². The van der Waals surface area contributed by atoms with Gasteiger partial charge in [0.05, 0.1) is 82.0 Å². The molecule has 3 heterocycles. The molecular weight excluding hydrogens is 789 g/mol. The monoisotopic (exact) mass is 840 g/mol. The summed E-state index contributed by atoms with van der Waals surface area (Å²) >= 11 is 0. The third-order valence-corrected chi connectivity index (χ3v) is 11.0. The zero-order chi connectivity index (χ0) is 42.7. The fourth-order valence-corrected chi connectivity index (χ4v) is 7.85. The Morgan fingerprint density at radius 2 is 1.51 bits per heavy atom. The fraction of sp³-hybridized carbons (Fsp3) is 0.476. The lowest BCUT2D eigenvalue weighted by Gasteiger charge is -2.29. The highest BCUT2D eigenvalue weighted by molar-refractivity contribution is 6.25. The largest absolute Gasteiger partial charge is 0.382 e. The summed E-state index contributed by atoms with van der Waals surface area (Å²) in [6.07, 6.45) is 6.02. The molecule has 3 aliphatic rings. The van der Waals surface area contributed by atoms with Crippen LogP contribution in [0.1, 0.15) is 76.2 Å². The molecule has 7 rings (SSSR count). The van der Waals surface area contributed by atoms with Gasteiger partial charge >= 0.3 is 0 Å². The fourth-order valence-electron chi connectivity index (χ4n) is 7.85. The third kappa shape index (κ3) is 10.5. The van der Waals surface area contributed by atoms with Crippen LogP contribution in [0.25, 0.3) is 10.9 Å². The maximum absolute atomic E-state index is 13.3. The molecule has 19 nitrogen and oxygen atoms in total. The van der Waals surface area contributed by atoms with Gasteiger partial charge in [0.1, 0.15) is 5.78 Å². The van der Waals surface area contributed by atoms with Gasteiger partial charge in [-0.2, -0.15) is 4.98 Å². The Hall–Kier alpha value is -5.86. The Bertz CT molecular complexity index is 2230. The first-order chi connectivity index (χ1) is 29.7. The minimum absolute atomic E-state index is 0.0151. The number of amides is 3. The van der Waals surface area contributed by atoms with Crippen LogP contribution in [0, 0.1) is 0 Å². The van der Waals surface area contributed by atoms with Gasteiger partial charge in [-0.25, -0.2) is 0 Å². The molecule has 2 aromatic heterocycles. The van der Waals surface area contributed by atoms with Gasteiger partial charge < -0.3 is 50.9 Å². The van der Waals surface area contributed by atoms with Crippen molar-refractivity contribution in [2.24, 2.45) is 11.5 Å². The summed E-state index contributed by atoms with van der Waals surface area (Å²) < 4.78 is 24.8. The van der Waals surface area contributed by atoms with E-state index in [1.807, 2.05) is 30.5 Å². The minimum atomic E-state index is -0.911. The van der Waals surface area contributed by atoms with Crippen LogP contribution < -0.4 is 27.4 Å². The van der Waals surface area contributed by atoms with Crippen LogP contribution >= 0.6 is 0 Å². The molecule has 1 aliphatic heterocycles. The average molecular weight is 841 g/mol. The molecule has 0 radical (unpaired) electrons. The van der Waals surface area contributed by atoms with E-state index >= 15 is 0 Å². The van der Waals surface area contributed by atoms with Crippen molar-refractivity contribution in [2.45, 2.75) is 69.6 Å². The number of nitrogens with two attached hydrogens (primary N) is 2. The smallest absolute Gasteiger partial charge is 0.273 e. The summed E-state index contributed by atoms with van der Waals surface area (Å²) in [5.74, 6) is -1.87. The van der Waals surface area contributed by atoms with Crippen LogP contribution in [0.15, 0.2) is 48.7 Å². The average Bonchev–Trinajstić information content (AvgIpc) is 3.78. The SMILES string of the molecule is NC(=O)c1nnc(N[C@@H]2CCCC[C@@H]2N)nc1Nc1cccc2c1ccn2CCOCCOCCOCCOCCNc1cccc2c1C(=O)N(C1CCC(=O)CC1=O)C2=O. The number of carbonyl (C=O) groups excluding carboxylic acids is 5. The maximum atomic E-state index is 13.3. The van der Waals surface area contributed by atoms with Gasteiger partial charge in [-0.1, -0.05) is 25.0 Å². The van der Waals surface area contributed by atoms with Gasteiger partial charge in [0.25, 0.3) is 17.7 Å². The molecule has 0 saturated heterocycles. The van der Waals surface area contributed by atoms with Crippen LogP contribution in [0.4, 0.5) is 23.1 Å². The molecule has 7 N–H and O–H groups in total. The molecule has 324 valence electrons. The number of ether oxygens (including phenoxy) is 4. The number of nitrogens with zero attached hydrogens (tertiary/aromatic N) is 5. The van der Waals surface area contributed by atoms with E-state index < -0.39 is 29.5 Å². The highest BCUT2D eigenvalue weighted by Gasteiger charge is 2.45. The lowest BCUT2D eigenvalue weighted by Crippen LogP contribution is -2.47. The quantitative estimate of drug-likeness (QED) is 0.0433. The first-order valence-electron chi connectivity index (χ1n) is 20.7. The number of rotatable bonds is 22. The summed E-state index contributed by atoms with van der Waals surface area (Å²) in [5.41, 5.74) is 14.5. The summed E-state index contributed by atoms with van der Waals surface area (Å²) in [6, 6.07) is 11.8. The van der Waals surface area contributed by atoms with Gasteiger partial charge in [-0.05, 0) is 49.6 Å². The number of anilines is 4. The van der Waals surface area contributed by atoms with E-state index in [0.29, 0.717) is 71.6 Å². The van der Waals surface area contributed by atoms with Gasteiger partial charge in [-0.3, -0.25) is 28.9 Å². The first kappa shape index (κ1) is 43.2. The second-order valence-corrected chi connectivity index (χ2v) is 15.1. The van der Waals surface area contributed by atoms with E-state index in [-0.39, 0.29) is 65.7 Å². The number of imide groups is 1. The van der Waals surface area contributed by atoms with Crippen LogP contribution in [-0.2, 0) is 35.1 Å². The van der Waals surface area contributed by atoms with Crippen molar-refractivity contribution in [3.8, 4) is 0 Å². The number of Topliss-reactive ketones (excluding diaryl/α,β-unsaturated/α-hetero) is 2. The lowest BCUT2D eigenvalue weighted by molar-refractivity contribution is -0.132. The number of benzene rings is 2. The molecule has 2 aliphatic carbocycles. The summed E-state index contributed by atoms with van der Waals surface area (Å²) in [6.45, 7) is 4.16. The van der Waals surface area contributed by atoms with E-state index in [4.69, 9.17) is 30.4 Å². The van der Waals surface area contributed by atoms with Crippen molar-refractivity contribution < 1.29 is 42.9 Å². The Morgan fingerprint density at radius 3 is 2.25 bits per heavy atom. The van der Waals surface area contributed by atoms with Gasteiger partial charge in [0, 0.05) is 54.6 Å². The normalized spacial score (nSPS) is 19.1. The predicted octanol–water partition coefficient (Wildman–Crippen LogP) is 2.82. The molecule has 2 fully saturated rings. The predicted molar refractivity (Wildman–Crippen MR) is 224 cm³/mol. The zero-order valence-corrected chi connectivity index (χ0v) is 33.9. The zero-order valence-electron chi connectivity index (χ0n) is 33.9. The first-order valence-corrected chi connectivity index (χ1v) is 20.7. The van der Waals surface area contributed by atoms with Crippen molar-refractivity contribution in [3.05, 3.63) is 65.5 Å². The van der Waals surface area contributed by atoms with Gasteiger partial charge in [0.2, 0.25) is 5.95 Å². The summed E-state index contributed by atoms with van der Waals surface area (Å²) in [7, 11) is 0. The summed E-state index contributed by atoms with van der Waals surface area (Å²) in [5, 5.41) is 18.7. The molecule has 4 aromatic rings. The summed E-state index contributed by atoms with van der Waals surface area (Å²) in [4.78, 5) is 68.2. The van der Waals surface area contributed by atoms with Gasteiger partial charge in [-0.15, -0.1) is 10.2 Å². The van der Waals surface area contributed by atoms with Crippen molar-refractivity contribution >= 4 is 63.3 Å². The Kier molecular flexibility index (Phi) is 14.6. The lowest BCUT2D eigenvalue weighted by atomic mass is 9.91. The molecule has 2 saturated carbocycles. The van der Waals surface area contributed by atoms with Gasteiger partial charge in [0.15, 0.2) is 17.3 Å². The van der Waals surface area contributed by atoms with Crippen LogP contribution in [0.2, 0.25) is 0 Å². The molecule has 19 heteroatoms. The number of nitrogens with one attached hydrogen (secondary N) is 3. The maximum Gasteiger partial charge on any atom is 0.273 e. The molecule has 0 bridgehead atoms. The molecule has 1 unspecified atom stereocenters. The molecule has 0 spiro atoms. The second kappa shape index (κ2) is 20.6. The molecular formula is C42H52N10O9. The topological polar surface area (TPSA) is 257 Å².